The number of aryl methyl sites for hydroxylation is 1. The number of alkyl halides is 3. The van der Waals surface area contributed by atoms with Gasteiger partial charge in [-0.25, -0.2) is 8.42 Å². The second kappa shape index (κ2) is 8.41. The van der Waals surface area contributed by atoms with Crippen LogP contribution in [0.25, 0.3) is 0 Å². The lowest BCUT2D eigenvalue weighted by Crippen LogP contribution is -2.38. The second-order valence-electron chi connectivity index (χ2n) is 5.80. The van der Waals surface area contributed by atoms with Gasteiger partial charge in [-0.05, 0) is 59.5 Å². The molecule has 0 amide bonds. The summed E-state index contributed by atoms with van der Waals surface area (Å²) >= 11 is 1.30. The molecule has 1 aromatic heterocycles. The molecular formula is C17H20F3NO3S2. The molecule has 0 saturated carbocycles. The lowest BCUT2D eigenvalue weighted by atomic mass is 10.2. The average molecular weight is 407 g/mol. The van der Waals surface area contributed by atoms with Crippen LogP contribution in [-0.2, 0) is 16.6 Å². The summed E-state index contributed by atoms with van der Waals surface area (Å²) in [5.74, 6) is 0.519. The molecule has 0 unspecified atom stereocenters. The third-order valence-electron chi connectivity index (χ3n) is 3.54. The molecule has 0 bridgehead atoms. The van der Waals surface area contributed by atoms with Crippen molar-refractivity contribution in [2.75, 3.05) is 13.2 Å². The Balaban J connectivity index is 2.34. The van der Waals surface area contributed by atoms with E-state index in [2.05, 4.69) is 0 Å². The van der Waals surface area contributed by atoms with Crippen molar-refractivity contribution in [3.63, 3.8) is 0 Å². The second-order valence-corrected chi connectivity index (χ2v) is 8.51. The Morgan fingerprint density at radius 3 is 2.50 bits per heavy atom. The minimum atomic E-state index is -4.64. The van der Waals surface area contributed by atoms with Crippen molar-refractivity contribution in [3.05, 3.63) is 46.2 Å². The first-order chi connectivity index (χ1) is 12.1. The first-order valence-electron chi connectivity index (χ1n) is 7.95. The van der Waals surface area contributed by atoms with Crippen LogP contribution in [0.2, 0.25) is 0 Å². The lowest BCUT2D eigenvalue weighted by Gasteiger charge is -2.23. The Hall–Kier alpha value is -1.58. The summed E-state index contributed by atoms with van der Waals surface area (Å²) in [6, 6.07) is 5.71. The molecule has 0 aliphatic carbocycles. The molecule has 0 atom stereocenters. The number of sulfonamides is 1. The standard InChI is InChI=1S/C17H20F3NO3S2/c1-3-7-24-16-5-4-15(9-13(16)2)26(22,23)21(12-17(18,19)20)10-14-6-8-25-11-14/h4-6,8-9,11H,3,7,10,12H2,1-2H3. The highest BCUT2D eigenvalue weighted by molar-refractivity contribution is 7.89. The Morgan fingerprint density at radius 1 is 1.23 bits per heavy atom. The van der Waals surface area contributed by atoms with E-state index >= 15 is 0 Å². The molecule has 4 nitrogen and oxygen atoms in total. The molecule has 144 valence electrons. The van der Waals surface area contributed by atoms with E-state index in [1.807, 2.05) is 6.92 Å². The topological polar surface area (TPSA) is 46.6 Å². The van der Waals surface area contributed by atoms with Gasteiger partial charge in [0.2, 0.25) is 10.0 Å². The van der Waals surface area contributed by atoms with E-state index in [1.165, 1.54) is 29.5 Å². The fourth-order valence-electron chi connectivity index (χ4n) is 2.32. The van der Waals surface area contributed by atoms with E-state index in [4.69, 9.17) is 4.74 Å². The number of nitrogens with zero attached hydrogens (tertiary/aromatic N) is 1. The lowest BCUT2D eigenvalue weighted by molar-refractivity contribution is -0.136. The first kappa shape index (κ1) is 20.7. The van der Waals surface area contributed by atoms with Gasteiger partial charge in [-0.15, -0.1) is 0 Å². The monoisotopic (exact) mass is 407 g/mol. The van der Waals surface area contributed by atoms with Gasteiger partial charge >= 0.3 is 6.18 Å². The number of thiophene rings is 1. The van der Waals surface area contributed by atoms with Crippen molar-refractivity contribution < 1.29 is 26.3 Å². The number of ether oxygens (including phenoxy) is 1. The highest BCUT2D eigenvalue weighted by Gasteiger charge is 2.37. The Bertz CT molecular complexity index is 818. The van der Waals surface area contributed by atoms with Crippen LogP contribution < -0.4 is 4.74 Å². The smallest absolute Gasteiger partial charge is 0.402 e. The molecule has 0 aliphatic heterocycles. The van der Waals surface area contributed by atoms with Gasteiger partial charge in [0.15, 0.2) is 0 Å². The van der Waals surface area contributed by atoms with Gasteiger partial charge in [0, 0.05) is 6.54 Å². The minimum Gasteiger partial charge on any atom is -0.493 e. The van der Waals surface area contributed by atoms with Gasteiger partial charge in [-0.3, -0.25) is 0 Å². The van der Waals surface area contributed by atoms with Crippen LogP contribution >= 0.6 is 11.3 Å². The van der Waals surface area contributed by atoms with E-state index in [9.17, 15) is 21.6 Å². The third kappa shape index (κ3) is 5.46. The van der Waals surface area contributed by atoms with E-state index in [0.29, 0.717) is 27.8 Å². The van der Waals surface area contributed by atoms with Gasteiger partial charge < -0.3 is 4.74 Å². The van der Waals surface area contributed by atoms with Crippen molar-refractivity contribution >= 4 is 21.4 Å². The van der Waals surface area contributed by atoms with Crippen molar-refractivity contribution in [1.29, 1.82) is 0 Å². The van der Waals surface area contributed by atoms with Crippen LogP contribution in [0.4, 0.5) is 13.2 Å². The molecule has 9 heteroatoms. The van der Waals surface area contributed by atoms with E-state index in [0.717, 1.165) is 6.42 Å². The molecule has 0 fully saturated rings. The summed E-state index contributed by atoms with van der Waals surface area (Å²) in [5, 5.41) is 3.32. The summed E-state index contributed by atoms with van der Waals surface area (Å²) in [4.78, 5) is -0.182. The molecule has 0 N–H and O–H groups in total. The van der Waals surface area contributed by atoms with Crippen LogP contribution in [0.15, 0.2) is 39.9 Å². The predicted octanol–water partition coefficient (Wildman–Crippen LogP) is 4.60. The van der Waals surface area contributed by atoms with Crippen LogP contribution in [0.1, 0.15) is 24.5 Å². The van der Waals surface area contributed by atoms with Gasteiger partial charge in [0.25, 0.3) is 0 Å². The maximum absolute atomic E-state index is 12.9. The highest BCUT2D eigenvalue weighted by Crippen LogP contribution is 2.28. The SMILES string of the molecule is CCCOc1ccc(S(=O)(=O)N(Cc2ccsc2)CC(F)(F)F)cc1C. The van der Waals surface area contributed by atoms with Crippen LogP contribution in [0.3, 0.4) is 0 Å². The molecule has 2 rings (SSSR count). The highest BCUT2D eigenvalue weighted by atomic mass is 32.2. The van der Waals surface area contributed by atoms with Crippen LogP contribution in [0.5, 0.6) is 5.75 Å². The molecule has 0 aliphatic rings. The molecule has 2 aromatic rings. The van der Waals surface area contributed by atoms with Crippen LogP contribution in [0, 0.1) is 6.92 Å². The first-order valence-corrected chi connectivity index (χ1v) is 10.3. The van der Waals surface area contributed by atoms with E-state index < -0.39 is 22.7 Å². The van der Waals surface area contributed by atoms with Crippen molar-refractivity contribution in [2.45, 2.75) is 37.9 Å². The molecule has 1 heterocycles. The fraction of sp³-hybridized carbons (Fsp3) is 0.412. The molecular weight excluding hydrogens is 387 g/mol. The normalized spacial score (nSPS) is 12.5. The molecule has 1 aromatic carbocycles. The van der Waals surface area contributed by atoms with E-state index in [-0.39, 0.29) is 11.4 Å². The largest absolute Gasteiger partial charge is 0.493 e. The summed E-state index contributed by atoms with van der Waals surface area (Å²) in [5.41, 5.74) is 1.07. The van der Waals surface area contributed by atoms with Crippen molar-refractivity contribution in [1.82, 2.24) is 4.31 Å². The molecule has 0 saturated heterocycles. The zero-order valence-electron chi connectivity index (χ0n) is 14.4. The van der Waals surface area contributed by atoms with Crippen molar-refractivity contribution in [2.24, 2.45) is 0 Å². The summed E-state index contributed by atoms with van der Waals surface area (Å²) in [6.07, 6.45) is -3.85. The number of halogens is 3. The number of rotatable bonds is 8. The maximum Gasteiger partial charge on any atom is 0.402 e. The Morgan fingerprint density at radius 2 is 1.96 bits per heavy atom. The molecule has 0 spiro atoms. The van der Waals surface area contributed by atoms with Gasteiger partial charge in [-0.1, -0.05) is 6.92 Å². The average Bonchev–Trinajstić information content (AvgIpc) is 3.05. The Labute approximate surface area is 155 Å². The van der Waals surface area contributed by atoms with Gasteiger partial charge in [0.05, 0.1) is 11.5 Å². The summed E-state index contributed by atoms with van der Waals surface area (Å²) in [6.45, 7) is 2.20. The van der Waals surface area contributed by atoms with Gasteiger partial charge in [0.1, 0.15) is 12.3 Å². The zero-order chi connectivity index (χ0) is 19.4. The molecule has 0 radical (unpaired) electrons. The Kier molecular flexibility index (Phi) is 6.70. The summed E-state index contributed by atoms with van der Waals surface area (Å²) in [7, 11) is -4.31. The predicted molar refractivity (Wildman–Crippen MR) is 94.9 cm³/mol. The van der Waals surface area contributed by atoms with Crippen LogP contribution in [-0.4, -0.2) is 32.1 Å². The van der Waals surface area contributed by atoms with E-state index in [1.54, 1.807) is 23.8 Å². The van der Waals surface area contributed by atoms with Gasteiger partial charge in [-0.2, -0.15) is 28.8 Å². The van der Waals surface area contributed by atoms with Crippen molar-refractivity contribution in [3.8, 4) is 5.75 Å². The minimum absolute atomic E-state index is 0.182. The quantitative estimate of drug-likeness (QED) is 0.643. The molecule has 26 heavy (non-hydrogen) atoms. The summed E-state index contributed by atoms with van der Waals surface area (Å²) < 4.78 is 70.4. The number of benzene rings is 1. The third-order valence-corrected chi connectivity index (χ3v) is 6.06. The number of hydrogen-bond donors (Lipinski definition) is 0. The fourth-order valence-corrected chi connectivity index (χ4v) is 4.48. The number of hydrogen-bond acceptors (Lipinski definition) is 4. The zero-order valence-corrected chi connectivity index (χ0v) is 16.0. The maximum atomic E-state index is 12.9.